The van der Waals surface area contributed by atoms with Crippen LogP contribution < -0.4 is 10.0 Å². The SMILES string of the molecule is CCCCC(C)(Pc1ccccc1F)c1cc(Cc2ccccc2)cc(Cc2ccccc2)c1OCc1ccccc1. The van der Waals surface area contributed by atoms with Gasteiger partial charge in [-0.3, -0.25) is 0 Å². The van der Waals surface area contributed by atoms with Gasteiger partial charge in [-0.1, -0.05) is 157 Å². The van der Waals surface area contributed by atoms with Gasteiger partial charge in [0.25, 0.3) is 0 Å². The largest absolute Gasteiger partial charge is 0.488 e. The fraction of sp³-hybridized carbons (Fsp3) is 0.231. The lowest BCUT2D eigenvalue weighted by atomic mass is 9.87. The average molecular weight is 575 g/mol. The molecule has 0 aliphatic heterocycles. The second-order valence-electron chi connectivity index (χ2n) is 11.3. The van der Waals surface area contributed by atoms with E-state index in [-0.39, 0.29) is 19.6 Å². The maximum atomic E-state index is 15.1. The molecule has 0 aromatic heterocycles. The summed E-state index contributed by atoms with van der Waals surface area (Å²) < 4.78 is 22.0. The van der Waals surface area contributed by atoms with Gasteiger partial charge in [-0.05, 0) is 46.7 Å². The highest BCUT2D eigenvalue weighted by Crippen LogP contribution is 2.50. The van der Waals surface area contributed by atoms with Gasteiger partial charge in [0.05, 0.1) is 0 Å². The van der Waals surface area contributed by atoms with Gasteiger partial charge in [0, 0.05) is 22.4 Å². The molecule has 0 aliphatic carbocycles. The molecule has 5 rings (SSSR count). The Morgan fingerprint density at radius 2 is 1.24 bits per heavy atom. The highest BCUT2D eigenvalue weighted by molar-refractivity contribution is 7.48. The molecule has 0 N–H and O–H groups in total. The molecule has 0 spiro atoms. The Balaban J connectivity index is 1.67. The first-order chi connectivity index (χ1) is 20.5. The van der Waals surface area contributed by atoms with E-state index in [9.17, 15) is 0 Å². The highest BCUT2D eigenvalue weighted by Gasteiger charge is 2.33. The van der Waals surface area contributed by atoms with Crippen LogP contribution in [0.2, 0.25) is 0 Å². The monoisotopic (exact) mass is 574 g/mol. The third kappa shape index (κ3) is 7.75. The molecular formula is C39H40FOP. The van der Waals surface area contributed by atoms with Crippen LogP contribution in [0.4, 0.5) is 4.39 Å². The molecule has 214 valence electrons. The van der Waals surface area contributed by atoms with E-state index >= 15 is 4.39 Å². The normalized spacial score (nSPS) is 12.8. The van der Waals surface area contributed by atoms with Crippen molar-refractivity contribution in [3.8, 4) is 5.75 Å². The third-order valence-corrected chi connectivity index (χ3v) is 9.60. The Kier molecular flexibility index (Phi) is 10.2. The number of hydrogen-bond acceptors (Lipinski definition) is 1. The fourth-order valence-corrected chi connectivity index (χ4v) is 7.20. The van der Waals surface area contributed by atoms with E-state index in [1.165, 1.54) is 27.8 Å². The zero-order valence-corrected chi connectivity index (χ0v) is 25.7. The van der Waals surface area contributed by atoms with Gasteiger partial charge >= 0.3 is 0 Å². The van der Waals surface area contributed by atoms with Crippen molar-refractivity contribution in [3.63, 3.8) is 0 Å². The number of rotatable bonds is 13. The van der Waals surface area contributed by atoms with Gasteiger partial charge in [-0.15, -0.1) is 0 Å². The van der Waals surface area contributed by atoms with Gasteiger partial charge < -0.3 is 4.74 Å². The number of hydrogen-bond donors (Lipinski definition) is 0. The lowest BCUT2D eigenvalue weighted by molar-refractivity contribution is 0.296. The highest BCUT2D eigenvalue weighted by atomic mass is 31.1. The van der Waals surface area contributed by atoms with E-state index in [1.807, 2.05) is 18.2 Å². The number of ether oxygens (including phenoxy) is 1. The minimum atomic E-state index is -0.289. The maximum Gasteiger partial charge on any atom is 0.130 e. The minimum absolute atomic E-state index is 0.129. The summed E-state index contributed by atoms with van der Waals surface area (Å²) in [6.07, 6.45) is 4.71. The van der Waals surface area contributed by atoms with Crippen LogP contribution in [-0.4, -0.2) is 0 Å². The van der Waals surface area contributed by atoms with Crippen LogP contribution in [0.1, 0.15) is 66.5 Å². The summed E-state index contributed by atoms with van der Waals surface area (Å²) in [5, 5.41) is 0.491. The minimum Gasteiger partial charge on any atom is -0.488 e. The molecule has 0 aliphatic rings. The molecule has 5 aromatic rings. The van der Waals surface area contributed by atoms with Crippen molar-refractivity contribution < 1.29 is 9.13 Å². The predicted octanol–water partition coefficient (Wildman–Crippen LogP) is 10.00. The van der Waals surface area contributed by atoms with Crippen LogP contribution in [0.3, 0.4) is 0 Å². The second-order valence-corrected chi connectivity index (χ2v) is 13.2. The molecule has 0 heterocycles. The molecule has 42 heavy (non-hydrogen) atoms. The lowest BCUT2D eigenvalue weighted by Crippen LogP contribution is -2.23. The Labute approximate surface area is 252 Å². The zero-order valence-electron chi connectivity index (χ0n) is 24.7. The summed E-state index contributed by atoms with van der Waals surface area (Å²) in [7, 11) is 0.276. The first-order valence-electron chi connectivity index (χ1n) is 15.0. The van der Waals surface area contributed by atoms with Gasteiger partial charge in [0.15, 0.2) is 0 Å². The summed E-state index contributed by atoms with van der Waals surface area (Å²) in [6.45, 7) is 5.03. The number of halogens is 1. The topological polar surface area (TPSA) is 9.23 Å². The number of benzene rings is 5. The lowest BCUT2D eigenvalue weighted by Gasteiger charge is -2.34. The van der Waals surface area contributed by atoms with E-state index in [1.54, 1.807) is 12.1 Å². The Morgan fingerprint density at radius 1 is 0.667 bits per heavy atom. The molecule has 0 saturated heterocycles. The molecule has 1 nitrogen and oxygen atoms in total. The van der Waals surface area contributed by atoms with Crippen LogP contribution in [0.5, 0.6) is 5.75 Å². The van der Waals surface area contributed by atoms with Crippen molar-refractivity contribution >= 4 is 13.9 Å². The quantitative estimate of drug-likeness (QED) is 0.127. The van der Waals surface area contributed by atoms with Crippen molar-refractivity contribution in [2.75, 3.05) is 0 Å². The standard InChI is InChI=1S/C39H40FOP/c1-3-4-24-39(2,42-37-23-15-14-22-36(37)40)35-28-33(25-30-16-8-5-9-17-30)27-34(26-31-18-10-6-11-19-31)38(35)41-29-32-20-12-7-13-21-32/h5-23,27-28,42H,3-4,24-26,29H2,1-2H3. The Hall–Kier alpha value is -3.74. The second kappa shape index (κ2) is 14.4. The molecule has 0 fully saturated rings. The fourth-order valence-electron chi connectivity index (χ4n) is 5.60. The molecule has 0 saturated carbocycles. The summed E-state index contributed by atoms with van der Waals surface area (Å²) in [5.41, 5.74) is 7.29. The van der Waals surface area contributed by atoms with Crippen molar-refractivity contribution in [2.24, 2.45) is 0 Å². The van der Waals surface area contributed by atoms with E-state index in [4.69, 9.17) is 4.74 Å². The van der Waals surface area contributed by atoms with Crippen molar-refractivity contribution in [3.05, 3.63) is 167 Å². The van der Waals surface area contributed by atoms with Gasteiger partial charge in [0.2, 0.25) is 0 Å². The van der Waals surface area contributed by atoms with Crippen LogP contribution in [-0.2, 0) is 24.6 Å². The van der Waals surface area contributed by atoms with E-state index in [0.717, 1.165) is 48.7 Å². The number of unbranched alkanes of at least 4 members (excludes halogenated alkanes) is 1. The Morgan fingerprint density at radius 3 is 1.86 bits per heavy atom. The van der Waals surface area contributed by atoms with E-state index in [2.05, 4.69) is 111 Å². The van der Waals surface area contributed by atoms with Crippen LogP contribution in [0.25, 0.3) is 0 Å². The molecule has 0 bridgehead atoms. The summed E-state index contributed by atoms with van der Waals surface area (Å²) in [4.78, 5) is 0. The van der Waals surface area contributed by atoms with Crippen molar-refractivity contribution in [2.45, 2.75) is 57.7 Å². The molecule has 3 heteroatoms. The van der Waals surface area contributed by atoms with Crippen molar-refractivity contribution in [1.29, 1.82) is 0 Å². The first kappa shape index (κ1) is 29.7. The summed E-state index contributed by atoms with van der Waals surface area (Å²) in [6, 6.07) is 43.6. The molecule has 2 atom stereocenters. The van der Waals surface area contributed by atoms with E-state index < -0.39 is 0 Å². The zero-order chi connectivity index (χ0) is 29.2. The maximum absolute atomic E-state index is 15.1. The van der Waals surface area contributed by atoms with Crippen LogP contribution >= 0.6 is 8.58 Å². The molecular weight excluding hydrogens is 534 g/mol. The molecule has 2 unspecified atom stereocenters. The third-order valence-electron chi connectivity index (χ3n) is 7.85. The van der Waals surface area contributed by atoms with Gasteiger partial charge in [0.1, 0.15) is 18.2 Å². The van der Waals surface area contributed by atoms with Crippen LogP contribution in [0.15, 0.2) is 127 Å². The smallest absolute Gasteiger partial charge is 0.130 e. The Bertz CT molecular complexity index is 1550. The molecule has 5 aromatic carbocycles. The molecule has 0 radical (unpaired) electrons. The summed E-state index contributed by atoms with van der Waals surface area (Å²) in [5.74, 6) is 0.817. The van der Waals surface area contributed by atoms with Crippen LogP contribution in [0, 0.1) is 5.82 Å². The van der Waals surface area contributed by atoms with E-state index in [0.29, 0.717) is 6.61 Å². The first-order valence-corrected chi connectivity index (χ1v) is 16.0. The summed E-state index contributed by atoms with van der Waals surface area (Å²) >= 11 is 0. The van der Waals surface area contributed by atoms with Crippen molar-refractivity contribution in [1.82, 2.24) is 0 Å². The van der Waals surface area contributed by atoms with Gasteiger partial charge in [-0.2, -0.15) is 0 Å². The average Bonchev–Trinajstić information content (AvgIpc) is 3.02. The molecule has 0 amide bonds. The van der Waals surface area contributed by atoms with Gasteiger partial charge in [-0.25, -0.2) is 4.39 Å². The predicted molar refractivity (Wildman–Crippen MR) is 177 cm³/mol.